The minimum atomic E-state index is -0.0452. The Morgan fingerprint density at radius 2 is 1.58 bits per heavy atom. The highest BCUT2D eigenvalue weighted by Crippen LogP contribution is 2.41. The predicted molar refractivity (Wildman–Crippen MR) is 237 cm³/mol. The topological polar surface area (TPSA) is 51.0 Å². The van der Waals surface area contributed by atoms with Gasteiger partial charge in [0.15, 0.2) is 17.5 Å². The summed E-state index contributed by atoms with van der Waals surface area (Å²) in [5.74, 6) is 8.88. The number of aliphatic imine (C=N–C) groups is 1. The zero-order valence-corrected chi connectivity index (χ0v) is 32.4. The maximum absolute atomic E-state index is 5.11. The van der Waals surface area contributed by atoms with E-state index in [1.165, 1.54) is 27.8 Å². The summed E-state index contributed by atoms with van der Waals surface area (Å²) in [7, 11) is 0. The largest absolute Gasteiger partial charge is 0.261 e. The molecular weight excluding hydrogens is 693 g/mol. The number of aromatic nitrogens is 3. The number of nitrogens with zero attached hydrogens (tertiary/aromatic N) is 4. The Balaban J connectivity index is 1.13. The van der Waals surface area contributed by atoms with Crippen LogP contribution in [0.25, 0.3) is 50.9 Å². The minimum Gasteiger partial charge on any atom is -0.261 e. The Morgan fingerprint density at radius 3 is 2.28 bits per heavy atom. The highest BCUT2D eigenvalue weighted by molar-refractivity contribution is 5.88. The van der Waals surface area contributed by atoms with Crippen LogP contribution in [0.3, 0.4) is 0 Å². The zero-order valence-electron chi connectivity index (χ0n) is 32.4. The van der Waals surface area contributed by atoms with Crippen molar-refractivity contribution in [3.8, 4) is 46.0 Å². The maximum Gasteiger partial charge on any atom is 0.173 e. The SMILES string of the molecule is C=C/C=C(\C(N=CC)=C(/C)C=C)c1ccc(C2C#CCC3=C(/C=C\2)Cc2cc#cc(-c4nc(-c5ccccc5)nc(-c5ccc(C6=CCCC=C6)cc5)n4)c23)cc1. The van der Waals surface area contributed by atoms with Crippen LogP contribution in [-0.2, 0) is 6.42 Å². The van der Waals surface area contributed by atoms with Gasteiger partial charge >= 0.3 is 0 Å². The van der Waals surface area contributed by atoms with E-state index in [1.807, 2.05) is 68.6 Å². The van der Waals surface area contributed by atoms with E-state index in [9.17, 15) is 0 Å². The third-order valence-electron chi connectivity index (χ3n) is 10.5. The van der Waals surface area contributed by atoms with Gasteiger partial charge in [0, 0.05) is 34.9 Å². The first kappa shape index (κ1) is 36.8. The third-order valence-corrected chi connectivity index (χ3v) is 10.5. The van der Waals surface area contributed by atoms with Gasteiger partial charge in [-0.2, -0.15) is 0 Å². The molecule has 0 saturated carbocycles. The van der Waals surface area contributed by atoms with Crippen LogP contribution in [0.1, 0.15) is 66.8 Å². The fourth-order valence-electron chi connectivity index (χ4n) is 7.56. The first-order valence-electron chi connectivity index (χ1n) is 19.4. The Bertz CT molecular complexity index is 2650. The monoisotopic (exact) mass is 734 g/mol. The fourth-order valence-corrected chi connectivity index (χ4v) is 7.56. The van der Waals surface area contributed by atoms with Gasteiger partial charge in [-0.25, -0.2) is 15.0 Å². The first-order chi connectivity index (χ1) is 28.0. The van der Waals surface area contributed by atoms with Gasteiger partial charge in [-0.1, -0.05) is 165 Å². The molecule has 0 amide bonds. The van der Waals surface area contributed by atoms with Crippen LogP contribution in [0.4, 0.5) is 0 Å². The Labute approximate surface area is 336 Å². The van der Waals surface area contributed by atoms with Crippen LogP contribution >= 0.6 is 0 Å². The highest BCUT2D eigenvalue weighted by atomic mass is 15.0. The van der Waals surface area contributed by atoms with E-state index in [4.69, 9.17) is 15.0 Å². The van der Waals surface area contributed by atoms with Crippen molar-refractivity contribution in [3.63, 3.8) is 0 Å². The third kappa shape index (κ3) is 7.72. The standard InChI is InChI=1S/C53H42N4/c1-5-16-47(50(54-7-3)36(4)6-2)41-30-25-40(26-31-41)38-21-14-23-46-44(34-29-38)35-45-22-15-24-48(49(45)46)53-56-51(42-19-12-9-13-20-42)55-52(57-53)43-32-27-39(28-33-43)37-17-10-8-11-18-37/h5-7,9-10,12-13,16-20,22,25-34,38H,1-2,8,11,23,35H2,3-4H3/b34-29-,47-16-,50-36-,54-7?. The second-order valence-corrected chi connectivity index (χ2v) is 14.2. The van der Waals surface area contributed by atoms with E-state index in [0.717, 1.165) is 69.5 Å². The van der Waals surface area contributed by atoms with E-state index < -0.39 is 0 Å². The number of hydrogen-bond acceptors (Lipinski definition) is 4. The molecule has 1 atom stereocenters. The molecule has 3 aliphatic rings. The summed E-state index contributed by atoms with van der Waals surface area (Å²) in [6, 6.07) is 36.0. The fraction of sp³-hybridized carbons (Fsp3) is 0.132. The van der Waals surface area contributed by atoms with Crippen LogP contribution in [0.15, 0.2) is 169 Å². The van der Waals surface area contributed by atoms with Gasteiger partial charge in [0.25, 0.3) is 0 Å². The van der Waals surface area contributed by atoms with E-state index in [1.54, 1.807) is 6.08 Å². The molecule has 57 heavy (non-hydrogen) atoms. The van der Waals surface area contributed by atoms with Gasteiger partial charge in [-0.3, -0.25) is 4.99 Å². The van der Waals surface area contributed by atoms with Crippen LogP contribution in [0.5, 0.6) is 0 Å². The molecule has 0 bridgehead atoms. The van der Waals surface area contributed by atoms with Gasteiger partial charge in [0.2, 0.25) is 0 Å². The Morgan fingerprint density at radius 1 is 0.842 bits per heavy atom. The summed E-state index contributed by atoms with van der Waals surface area (Å²) in [6.45, 7) is 11.9. The molecule has 4 aromatic carbocycles. The molecule has 1 aromatic heterocycles. The summed E-state index contributed by atoms with van der Waals surface area (Å²) >= 11 is 0. The number of hydrogen-bond donors (Lipinski definition) is 0. The van der Waals surface area contributed by atoms with Gasteiger partial charge in [0.05, 0.1) is 17.2 Å². The van der Waals surface area contributed by atoms with Gasteiger partial charge < -0.3 is 0 Å². The minimum absolute atomic E-state index is 0.0452. The molecule has 1 heterocycles. The molecule has 0 N–H and O–H groups in total. The van der Waals surface area contributed by atoms with E-state index >= 15 is 0 Å². The highest BCUT2D eigenvalue weighted by Gasteiger charge is 2.26. The van der Waals surface area contributed by atoms with Gasteiger partial charge in [-0.15, -0.1) is 0 Å². The number of fused-ring (bicyclic) bond motifs is 2. The second kappa shape index (κ2) is 16.7. The van der Waals surface area contributed by atoms with E-state index in [0.29, 0.717) is 23.9 Å². The van der Waals surface area contributed by atoms with Crippen molar-refractivity contribution >= 4 is 22.9 Å². The Hall–Kier alpha value is -7.14. The summed E-state index contributed by atoms with van der Waals surface area (Å²) in [6.07, 6.45) is 22.2. The quantitative estimate of drug-likeness (QED) is 0.0815. The lowest BCUT2D eigenvalue weighted by Crippen LogP contribution is -2.02. The molecule has 274 valence electrons. The molecule has 5 aromatic rings. The van der Waals surface area contributed by atoms with Crippen LogP contribution in [-0.4, -0.2) is 21.2 Å². The lowest BCUT2D eigenvalue weighted by atomic mass is 9.91. The summed E-state index contributed by atoms with van der Waals surface area (Å²) in [5.41, 5.74) is 14.9. The van der Waals surface area contributed by atoms with Crippen LogP contribution in [0, 0.1) is 24.0 Å². The van der Waals surface area contributed by atoms with E-state index in [2.05, 4.69) is 121 Å². The van der Waals surface area contributed by atoms with Crippen LogP contribution < -0.4 is 0 Å². The number of benzene rings is 3. The normalized spacial score (nSPS) is 16.9. The van der Waals surface area contributed by atoms with Crippen molar-refractivity contribution < 1.29 is 0 Å². The molecule has 8 rings (SSSR count). The first-order valence-corrected chi connectivity index (χ1v) is 19.4. The smallest absolute Gasteiger partial charge is 0.173 e. The molecule has 3 aliphatic carbocycles. The average Bonchev–Trinajstić information content (AvgIpc) is 3.61. The molecule has 0 radical (unpaired) electrons. The van der Waals surface area contributed by atoms with Crippen molar-refractivity contribution in [1.29, 1.82) is 0 Å². The van der Waals surface area contributed by atoms with Gasteiger partial charge in [0.1, 0.15) is 0 Å². The predicted octanol–water partition coefficient (Wildman–Crippen LogP) is 12.4. The molecule has 0 saturated heterocycles. The molecule has 0 fully saturated rings. The summed E-state index contributed by atoms with van der Waals surface area (Å²) in [5, 5.41) is 0. The van der Waals surface area contributed by atoms with E-state index in [-0.39, 0.29) is 5.92 Å². The molecular formula is C53H42N4. The maximum atomic E-state index is 5.11. The molecule has 0 aliphatic heterocycles. The number of allylic oxidation sites excluding steroid dienone is 13. The zero-order chi connectivity index (χ0) is 39.1. The average molecular weight is 735 g/mol. The van der Waals surface area contributed by atoms with Crippen LogP contribution in [0.2, 0.25) is 0 Å². The Kier molecular flexibility index (Phi) is 10.8. The van der Waals surface area contributed by atoms with Crippen molar-refractivity contribution in [2.75, 3.05) is 0 Å². The number of rotatable bonds is 10. The molecule has 1 unspecified atom stereocenters. The molecule has 0 spiro atoms. The van der Waals surface area contributed by atoms with Crippen molar-refractivity contribution in [2.45, 2.75) is 45.4 Å². The summed E-state index contributed by atoms with van der Waals surface area (Å²) < 4.78 is 0. The van der Waals surface area contributed by atoms with Crippen molar-refractivity contribution in [3.05, 3.63) is 203 Å². The lowest BCUT2D eigenvalue weighted by molar-refractivity contribution is 1.04. The van der Waals surface area contributed by atoms with Crippen molar-refractivity contribution in [2.24, 2.45) is 4.99 Å². The molecule has 4 heteroatoms. The van der Waals surface area contributed by atoms with Gasteiger partial charge in [-0.05, 0) is 83.7 Å². The summed E-state index contributed by atoms with van der Waals surface area (Å²) in [4.78, 5) is 19.8. The molecule has 4 nitrogen and oxygen atoms in total. The second-order valence-electron chi connectivity index (χ2n) is 14.2. The van der Waals surface area contributed by atoms with Crippen molar-refractivity contribution in [1.82, 2.24) is 15.0 Å². The lowest BCUT2D eigenvalue weighted by Gasteiger charge is -2.14.